The Morgan fingerprint density at radius 1 is 0.765 bits per heavy atom. The number of unbranched alkanes of at least 4 members (excludes halogenated alkanes) is 11. The minimum absolute atomic E-state index is 0.0204. The van der Waals surface area contributed by atoms with Gasteiger partial charge in [0.1, 0.15) is 5.75 Å². The molecule has 192 valence electrons. The van der Waals surface area contributed by atoms with Gasteiger partial charge < -0.3 is 19.3 Å². The van der Waals surface area contributed by atoms with E-state index >= 15 is 0 Å². The molecule has 0 aliphatic rings. The lowest BCUT2D eigenvalue weighted by Gasteiger charge is -2.11. The van der Waals surface area contributed by atoms with Gasteiger partial charge in [0.05, 0.1) is 24.5 Å². The van der Waals surface area contributed by atoms with Crippen LogP contribution in [0.2, 0.25) is 0 Å². The Labute approximate surface area is 203 Å². The summed E-state index contributed by atoms with van der Waals surface area (Å²) in [4.78, 5) is 35.1. The zero-order valence-electron chi connectivity index (χ0n) is 20.7. The molecular weight excluding hydrogens is 438 g/mol. The van der Waals surface area contributed by atoms with Crippen LogP contribution < -0.4 is 10.1 Å². The summed E-state index contributed by atoms with van der Waals surface area (Å²) in [6.07, 6.45) is 13.6. The van der Waals surface area contributed by atoms with Gasteiger partial charge in [-0.3, -0.25) is 5.32 Å². The van der Waals surface area contributed by atoms with E-state index in [2.05, 4.69) is 12.2 Å². The van der Waals surface area contributed by atoms with E-state index < -0.39 is 18.2 Å². The molecule has 0 aromatic heterocycles. The van der Waals surface area contributed by atoms with Crippen LogP contribution in [0.5, 0.6) is 5.75 Å². The number of carboxylic acid groups (broad SMARTS) is 1. The molecule has 34 heavy (non-hydrogen) atoms. The maximum atomic E-state index is 12.1. The number of benzene rings is 1. The first-order valence-electron chi connectivity index (χ1n) is 12.6. The highest BCUT2D eigenvalue weighted by Gasteiger charge is 2.16. The van der Waals surface area contributed by atoms with E-state index in [4.69, 9.17) is 14.2 Å². The van der Waals surface area contributed by atoms with Gasteiger partial charge in [-0.1, -0.05) is 84.5 Å². The molecule has 1 aromatic rings. The van der Waals surface area contributed by atoms with Gasteiger partial charge in [0.25, 0.3) is 0 Å². The predicted molar refractivity (Wildman–Crippen MR) is 132 cm³/mol. The molecular formula is C26H41NO7. The third kappa shape index (κ3) is 13.7. The van der Waals surface area contributed by atoms with Crippen molar-refractivity contribution in [2.45, 2.75) is 97.3 Å². The van der Waals surface area contributed by atoms with Crippen LogP contribution in [0.15, 0.2) is 18.2 Å². The van der Waals surface area contributed by atoms with Crippen LogP contribution in [-0.2, 0) is 9.47 Å². The van der Waals surface area contributed by atoms with Crippen LogP contribution in [0.1, 0.15) is 108 Å². The maximum absolute atomic E-state index is 12.1. The fourth-order valence-electron chi connectivity index (χ4n) is 3.44. The first-order chi connectivity index (χ1) is 16.5. The van der Waals surface area contributed by atoms with Crippen LogP contribution in [0.25, 0.3) is 0 Å². The van der Waals surface area contributed by atoms with Gasteiger partial charge in [0, 0.05) is 6.07 Å². The van der Waals surface area contributed by atoms with Crippen LogP contribution in [-0.4, -0.2) is 36.5 Å². The third-order valence-corrected chi connectivity index (χ3v) is 5.31. The summed E-state index contributed by atoms with van der Waals surface area (Å²) in [6.45, 7) is 4.55. The second kappa shape index (κ2) is 18.6. The number of carboxylic acids is 1. The van der Waals surface area contributed by atoms with Gasteiger partial charge >= 0.3 is 18.2 Å². The minimum atomic E-state index is -1.23. The Hall–Kier alpha value is -2.77. The second-order valence-electron chi connectivity index (χ2n) is 8.36. The number of aromatic carboxylic acids is 1. The second-order valence-corrected chi connectivity index (χ2v) is 8.36. The average Bonchev–Trinajstić information content (AvgIpc) is 2.80. The van der Waals surface area contributed by atoms with Crippen molar-refractivity contribution in [3.63, 3.8) is 0 Å². The molecule has 0 bridgehead atoms. The molecule has 0 spiro atoms. The zero-order chi connectivity index (χ0) is 25.0. The molecule has 1 amide bonds. The largest absolute Gasteiger partial charge is 0.513 e. The normalized spacial score (nSPS) is 10.5. The molecule has 0 fully saturated rings. The molecule has 1 rings (SSSR count). The van der Waals surface area contributed by atoms with Crippen LogP contribution in [0.3, 0.4) is 0 Å². The zero-order valence-corrected chi connectivity index (χ0v) is 20.7. The lowest BCUT2D eigenvalue weighted by Crippen LogP contribution is -2.17. The van der Waals surface area contributed by atoms with Gasteiger partial charge in [0.2, 0.25) is 0 Å². The first-order valence-corrected chi connectivity index (χ1v) is 12.6. The topological polar surface area (TPSA) is 111 Å². The Morgan fingerprint density at radius 3 is 1.91 bits per heavy atom. The molecule has 8 heteroatoms. The maximum Gasteiger partial charge on any atom is 0.513 e. The smallest absolute Gasteiger partial charge is 0.478 e. The number of carbonyl (C=O) groups is 3. The highest BCUT2D eigenvalue weighted by Crippen LogP contribution is 2.23. The Morgan fingerprint density at radius 2 is 1.35 bits per heavy atom. The van der Waals surface area contributed by atoms with Crippen molar-refractivity contribution >= 4 is 23.9 Å². The van der Waals surface area contributed by atoms with E-state index in [0.717, 1.165) is 19.3 Å². The molecule has 0 saturated heterocycles. The van der Waals surface area contributed by atoms with Crippen molar-refractivity contribution in [2.24, 2.45) is 0 Å². The van der Waals surface area contributed by atoms with Crippen molar-refractivity contribution in [3.05, 3.63) is 23.8 Å². The number of amides is 1. The summed E-state index contributed by atoms with van der Waals surface area (Å²) in [6, 6.07) is 3.81. The van der Waals surface area contributed by atoms with Crippen molar-refractivity contribution in [1.29, 1.82) is 0 Å². The molecule has 1 aromatic carbocycles. The van der Waals surface area contributed by atoms with E-state index in [-0.39, 0.29) is 30.2 Å². The van der Waals surface area contributed by atoms with E-state index in [9.17, 15) is 19.5 Å². The first kappa shape index (κ1) is 29.3. The van der Waals surface area contributed by atoms with Gasteiger partial charge in [-0.05, 0) is 25.0 Å². The van der Waals surface area contributed by atoms with Crippen molar-refractivity contribution in [2.75, 3.05) is 18.5 Å². The average molecular weight is 480 g/mol. The quantitative estimate of drug-likeness (QED) is 0.127. The number of rotatable bonds is 18. The number of hydrogen-bond acceptors (Lipinski definition) is 6. The van der Waals surface area contributed by atoms with Crippen LogP contribution >= 0.6 is 0 Å². The number of nitrogens with one attached hydrogen (secondary N) is 1. The number of ether oxygens (including phenoxy) is 3. The summed E-state index contributed by atoms with van der Waals surface area (Å²) in [5.74, 6) is -1.17. The SMILES string of the molecule is CCCCCCCCCCCCCCOC(=O)Nc1cc(OC(=O)OCCC)ccc1C(=O)O. The third-order valence-electron chi connectivity index (χ3n) is 5.31. The van der Waals surface area contributed by atoms with Crippen LogP contribution in [0, 0.1) is 0 Å². The van der Waals surface area contributed by atoms with E-state index in [1.165, 1.54) is 76.0 Å². The monoisotopic (exact) mass is 479 g/mol. The fraction of sp³-hybridized carbons (Fsp3) is 0.654. The minimum Gasteiger partial charge on any atom is -0.478 e. The molecule has 8 nitrogen and oxygen atoms in total. The van der Waals surface area contributed by atoms with Crippen molar-refractivity contribution in [3.8, 4) is 5.75 Å². The van der Waals surface area contributed by atoms with Crippen LogP contribution in [0.4, 0.5) is 15.3 Å². The standard InChI is InChI=1S/C26H41NO7/c1-3-5-6-7-8-9-10-11-12-13-14-15-19-32-25(30)27-23-20-21(16-17-22(23)24(28)29)34-26(31)33-18-4-2/h16-17,20H,3-15,18-19H2,1-2H3,(H,27,30)(H,28,29). The Balaban J connectivity index is 2.27. The molecule has 0 aliphatic carbocycles. The predicted octanol–water partition coefficient (Wildman–Crippen LogP) is 7.56. The molecule has 0 unspecified atom stereocenters. The Bertz CT molecular complexity index is 736. The number of hydrogen-bond donors (Lipinski definition) is 2. The summed E-state index contributed by atoms with van der Waals surface area (Å²) < 4.78 is 15.0. The summed E-state index contributed by atoms with van der Waals surface area (Å²) in [7, 11) is 0. The molecule has 0 atom stereocenters. The molecule has 2 N–H and O–H groups in total. The highest BCUT2D eigenvalue weighted by molar-refractivity contribution is 5.99. The highest BCUT2D eigenvalue weighted by atomic mass is 16.7. The van der Waals surface area contributed by atoms with Gasteiger partial charge in [-0.2, -0.15) is 0 Å². The van der Waals surface area contributed by atoms with E-state index in [1.54, 1.807) is 0 Å². The lowest BCUT2D eigenvalue weighted by atomic mass is 10.1. The molecule has 0 heterocycles. The Kier molecular flexibility index (Phi) is 16.0. The van der Waals surface area contributed by atoms with Gasteiger partial charge in [-0.15, -0.1) is 0 Å². The van der Waals surface area contributed by atoms with E-state index in [1.807, 2.05) is 6.92 Å². The number of carbonyl (C=O) groups excluding carboxylic acids is 2. The lowest BCUT2D eigenvalue weighted by molar-refractivity contribution is 0.0698. The molecule has 0 aliphatic heterocycles. The van der Waals surface area contributed by atoms with Crippen molar-refractivity contribution in [1.82, 2.24) is 0 Å². The summed E-state index contributed by atoms with van der Waals surface area (Å²) >= 11 is 0. The summed E-state index contributed by atoms with van der Waals surface area (Å²) in [5, 5.41) is 11.8. The molecule has 0 radical (unpaired) electrons. The van der Waals surface area contributed by atoms with Crippen molar-refractivity contribution < 1.29 is 33.7 Å². The van der Waals surface area contributed by atoms with Gasteiger partial charge in [0.15, 0.2) is 0 Å². The van der Waals surface area contributed by atoms with E-state index in [0.29, 0.717) is 6.42 Å². The number of anilines is 1. The van der Waals surface area contributed by atoms with Gasteiger partial charge in [-0.25, -0.2) is 14.4 Å². The fourth-order valence-corrected chi connectivity index (χ4v) is 3.44. The summed E-state index contributed by atoms with van der Waals surface area (Å²) in [5.41, 5.74) is -0.162. The molecule has 0 saturated carbocycles.